The smallest absolute Gasteiger partial charge is 0.149 e. The van der Waals surface area contributed by atoms with Gasteiger partial charge >= 0.3 is 0 Å². The molecule has 0 aliphatic carbocycles. The number of carbonyl (C=O) groups excluding carboxylic acids is 1. The molecule has 1 fully saturated rings. The first kappa shape index (κ1) is 8.21. The van der Waals surface area contributed by atoms with Crippen LogP contribution in [0.1, 0.15) is 13.3 Å². The molecule has 1 heterocycles. The molecule has 1 aliphatic heterocycles. The van der Waals surface area contributed by atoms with Crippen molar-refractivity contribution in [1.82, 2.24) is 0 Å². The molecule has 1 rings (SSSR count). The number of halogens is 1. The fourth-order valence-corrected chi connectivity index (χ4v) is 1.67. The zero-order valence-electron chi connectivity index (χ0n) is 5.97. The molecule has 0 N–H and O–H groups in total. The van der Waals surface area contributed by atoms with E-state index >= 15 is 0 Å². The van der Waals surface area contributed by atoms with Crippen molar-refractivity contribution in [2.24, 2.45) is 5.92 Å². The van der Waals surface area contributed by atoms with Crippen LogP contribution < -0.4 is 0 Å². The molecule has 2 atom stereocenters. The van der Waals surface area contributed by atoms with Crippen molar-refractivity contribution in [1.29, 1.82) is 0 Å². The standard InChI is InChI=1S/C7H11BrO2/c1-5-6(2-3-10-5)7(9)4-8/h5-6H,2-4H2,1H3. The predicted molar refractivity (Wildman–Crippen MR) is 42.3 cm³/mol. The third-order valence-electron chi connectivity index (χ3n) is 1.92. The summed E-state index contributed by atoms with van der Waals surface area (Å²) in [5, 5.41) is 0.464. The van der Waals surface area contributed by atoms with E-state index in [9.17, 15) is 4.79 Å². The lowest BCUT2D eigenvalue weighted by atomic mass is 9.99. The molecule has 1 aliphatic rings. The van der Waals surface area contributed by atoms with Crippen molar-refractivity contribution in [2.45, 2.75) is 19.4 Å². The van der Waals surface area contributed by atoms with Crippen LogP contribution in [0.15, 0.2) is 0 Å². The van der Waals surface area contributed by atoms with Gasteiger partial charge in [-0.15, -0.1) is 0 Å². The molecule has 2 nitrogen and oxygen atoms in total. The lowest BCUT2D eigenvalue weighted by Gasteiger charge is -2.09. The van der Waals surface area contributed by atoms with Crippen LogP contribution in [0.2, 0.25) is 0 Å². The summed E-state index contributed by atoms with van der Waals surface area (Å²) < 4.78 is 5.25. The fourth-order valence-electron chi connectivity index (χ4n) is 1.25. The number of hydrogen-bond acceptors (Lipinski definition) is 2. The third-order valence-corrected chi connectivity index (χ3v) is 2.47. The van der Waals surface area contributed by atoms with Crippen LogP contribution in [0.25, 0.3) is 0 Å². The summed E-state index contributed by atoms with van der Waals surface area (Å²) in [7, 11) is 0. The van der Waals surface area contributed by atoms with E-state index < -0.39 is 0 Å². The molecule has 2 unspecified atom stereocenters. The van der Waals surface area contributed by atoms with Gasteiger partial charge in [-0.25, -0.2) is 0 Å². The van der Waals surface area contributed by atoms with E-state index in [0.29, 0.717) is 5.33 Å². The fraction of sp³-hybridized carbons (Fsp3) is 0.857. The second kappa shape index (κ2) is 3.49. The number of hydrogen-bond donors (Lipinski definition) is 0. The summed E-state index contributed by atoms with van der Waals surface area (Å²) in [6.45, 7) is 2.70. The summed E-state index contributed by atoms with van der Waals surface area (Å²) in [5.41, 5.74) is 0. The Labute approximate surface area is 69.1 Å². The van der Waals surface area contributed by atoms with Gasteiger partial charge in [-0.2, -0.15) is 0 Å². The molecule has 0 bridgehead atoms. The minimum atomic E-state index is 0.130. The Morgan fingerprint density at radius 2 is 2.50 bits per heavy atom. The average molecular weight is 207 g/mol. The van der Waals surface area contributed by atoms with E-state index in [-0.39, 0.29) is 17.8 Å². The summed E-state index contributed by atoms with van der Waals surface area (Å²) >= 11 is 3.15. The third kappa shape index (κ3) is 1.58. The Balaban J connectivity index is 2.46. The molecule has 0 aromatic carbocycles. The van der Waals surface area contributed by atoms with Crippen molar-refractivity contribution in [3.05, 3.63) is 0 Å². The molecule has 0 saturated carbocycles. The van der Waals surface area contributed by atoms with Gasteiger partial charge in [-0.05, 0) is 13.3 Å². The van der Waals surface area contributed by atoms with Crippen LogP contribution in [0.5, 0.6) is 0 Å². The van der Waals surface area contributed by atoms with Gasteiger partial charge in [-0.1, -0.05) is 15.9 Å². The maximum atomic E-state index is 11.1. The molecular formula is C7H11BrO2. The number of rotatable bonds is 2. The van der Waals surface area contributed by atoms with Crippen molar-refractivity contribution < 1.29 is 9.53 Å². The van der Waals surface area contributed by atoms with Crippen molar-refractivity contribution >= 4 is 21.7 Å². The largest absolute Gasteiger partial charge is 0.378 e. The Morgan fingerprint density at radius 3 is 2.90 bits per heavy atom. The summed E-state index contributed by atoms with van der Waals surface area (Å²) in [6, 6.07) is 0. The average Bonchev–Trinajstić information content (AvgIpc) is 2.34. The molecule has 0 aromatic heterocycles. The maximum Gasteiger partial charge on any atom is 0.149 e. The van der Waals surface area contributed by atoms with Crippen molar-refractivity contribution in [2.75, 3.05) is 11.9 Å². The topological polar surface area (TPSA) is 26.3 Å². The molecule has 0 aromatic rings. The highest BCUT2D eigenvalue weighted by atomic mass is 79.9. The highest BCUT2D eigenvalue weighted by Gasteiger charge is 2.29. The number of carbonyl (C=O) groups is 1. The number of ether oxygens (including phenoxy) is 1. The highest BCUT2D eigenvalue weighted by Crippen LogP contribution is 2.21. The van der Waals surface area contributed by atoms with E-state index in [1.54, 1.807) is 0 Å². The summed E-state index contributed by atoms with van der Waals surface area (Å²) in [5.74, 6) is 0.407. The van der Waals surface area contributed by atoms with Crippen LogP contribution in [-0.4, -0.2) is 23.8 Å². The van der Waals surface area contributed by atoms with Crippen molar-refractivity contribution in [3.8, 4) is 0 Å². The number of ketones is 1. The molecule has 58 valence electrons. The Kier molecular flexibility index (Phi) is 2.86. The first-order valence-electron chi connectivity index (χ1n) is 3.46. The molecule has 3 heteroatoms. The minimum Gasteiger partial charge on any atom is -0.378 e. The van der Waals surface area contributed by atoms with Crippen LogP contribution >= 0.6 is 15.9 Å². The maximum absolute atomic E-state index is 11.1. The normalized spacial score (nSPS) is 32.6. The zero-order chi connectivity index (χ0) is 7.56. The Hall–Kier alpha value is 0.110. The van der Waals surface area contributed by atoms with Gasteiger partial charge in [0, 0.05) is 12.5 Å². The monoisotopic (exact) mass is 206 g/mol. The molecule has 10 heavy (non-hydrogen) atoms. The van der Waals surface area contributed by atoms with Gasteiger partial charge in [0.15, 0.2) is 0 Å². The SMILES string of the molecule is CC1OCCC1C(=O)CBr. The predicted octanol–water partition coefficient (Wildman–Crippen LogP) is 1.38. The van der Waals surface area contributed by atoms with Crippen LogP contribution in [0.4, 0.5) is 0 Å². The van der Waals surface area contributed by atoms with E-state index in [1.807, 2.05) is 6.92 Å². The minimum absolute atomic E-state index is 0.130. The Bertz CT molecular complexity index is 136. The van der Waals surface area contributed by atoms with Gasteiger partial charge in [0.2, 0.25) is 0 Å². The van der Waals surface area contributed by atoms with Gasteiger partial charge in [-0.3, -0.25) is 4.79 Å². The van der Waals surface area contributed by atoms with Crippen LogP contribution in [0.3, 0.4) is 0 Å². The van der Waals surface area contributed by atoms with E-state index in [0.717, 1.165) is 13.0 Å². The quantitative estimate of drug-likeness (QED) is 0.639. The summed E-state index contributed by atoms with van der Waals surface area (Å²) in [6.07, 6.45) is 1.02. The van der Waals surface area contributed by atoms with Gasteiger partial charge in [0.25, 0.3) is 0 Å². The molecule has 0 spiro atoms. The second-order valence-corrected chi connectivity index (χ2v) is 3.13. The Morgan fingerprint density at radius 1 is 1.80 bits per heavy atom. The number of alkyl halides is 1. The number of Topliss-reactive ketones (excluding diaryl/α,β-unsaturated/α-hetero) is 1. The molecule has 0 radical (unpaired) electrons. The molecular weight excluding hydrogens is 196 g/mol. The van der Waals surface area contributed by atoms with E-state index in [4.69, 9.17) is 4.74 Å². The first-order valence-corrected chi connectivity index (χ1v) is 4.58. The zero-order valence-corrected chi connectivity index (χ0v) is 7.56. The van der Waals surface area contributed by atoms with Gasteiger partial charge < -0.3 is 4.74 Å². The lowest BCUT2D eigenvalue weighted by molar-refractivity contribution is -0.121. The molecule has 1 saturated heterocycles. The first-order chi connectivity index (χ1) is 4.75. The highest BCUT2D eigenvalue weighted by molar-refractivity contribution is 9.09. The second-order valence-electron chi connectivity index (χ2n) is 2.57. The summed E-state index contributed by atoms with van der Waals surface area (Å²) in [4.78, 5) is 11.1. The lowest BCUT2D eigenvalue weighted by Crippen LogP contribution is -2.22. The van der Waals surface area contributed by atoms with E-state index in [1.165, 1.54) is 0 Å². The van der Waals surface area contributed by atoms with Crippen LogP contribution in [-0.2, 0) is 9.53 Å². The van der Waals surface area contributed by atoms with Crippen molar-refractivity contribution in [3.63, 3.8) is 0 Å². The van der Waals surface area contributed by atoms with Crippen LogP contribution in [0, 0.1) is 5.92 Å². The van der Waals surface area contributed by atoms with Gasteiger partial charge in [0.05, 0.1) is 11.4 Å². The van der Waals surface area contributed by atoms with E-state index in [2.05, 4.69) is 15.9 Å². The van der Waals surface area contributed by atoms with Gasteiger partial charge in [0.1, 0.15) is 5.78 Å². The molecule has 0 amide bonds.